The molecule has 0 aliphatic rings. The van der Waals surface area contributed by atoms with E-state index in [0.717, 1.165) is 4.52 Å². The van der Waals surface area contributed by atoms with Crippen LogP contribution in [0.3, 0.4) is 0 Å². The molecule has 84 valence electrons. The monoisotopic (exact) mass is 230 g/mol. The Balaban J connectivity index is 2.71. The number of carbonyl (C=O) groups is 1. The summed E-state index contributed by atoms with van der Waals surface area (Å²) in [6.07, 6.45) is -2.71. The number of halogens is 3. The van der Waals surface area contributed by atoms with E-state index in [-0.39, 0.29) is 11.2 Å². The predicted octanol–water partition coefficient (Wildman–Crippen LogP) is 0.847. The van der Waals surface area contributed by atoms with Crippen LogP contribution < -0.4 is 5.73 Å². The third-order valence-electron chi connectivity index (χ3n) is 1.92. The molecule has 8 heteroatoms. The molecule has 2 aromatic rings. The molecule has 2 heterocycles. The van der Waals surface area contributed by atoms with Crippen LogP contribution in [0, 0.1) is 0 Å². The number of rotatable bonds is 1. The first-order chi connectivity index (χ1) is 7.39. The molecule has 0 aliphatic heterocycles. The van der Waals surface area contributed by atoms with E-state index in [9.17, 15) is 18.0 Å². The minimum Gasteiger partial charge on any atom is -0.365 e. The summed E-state index contributed by atoms with van der Waals surface area (Å²) in [4.78, 5) is 14.2. The van der Waals surface area contributed by atoms with Crippen molar-refractivity contribution in [3.05, 3.63) is 29.7 Å². The van der Waals surface area contributed by atoms with Crippen molar-refractivity contribution in [3.63, 3.8) is 0 Å². The summed E-state index contributed by atoms with van der Waals surface area (Å²) in [7, 11) is 0. The molecule has 2 rings (SSSR count). The van der Waals surface area contributed by atoms with Gasteiger partial charge in [0.1, 0.15) is 0 Å². The van der Waals surface area contributed by atoms with Crippen molar-refractivity contribution < 1.29 is 18.0 Å². The van der Waals surface area contributed by atoms with Gasteiger partial charge in [-0.1, -0.05) is 0 Å². The Morgan fingerprint density at radius 3 is 2.69 bits per heavy atom. The highest BCUT2D eigenvalue weighted by atomic mass is 19.4. The van der Waals surface area contributed by atoms with Gasteiger partial charge in [0.15, 0.2) is 11.3 Å². The predicted molar refractivity (Wildman–Crippen MR) is 46.5 cm³/mol. The molecule has 1 amide bonds. The number of carbonyl (C=O) groups excluding carboxylic acids is 1. The van der Waals surface area contributed by atoms with Crippen LogP contribution >= 0.6 is 0 Å². The number of primary amides is 1. The van der Waals surface area contributed by atoms with Crippen LogP contribution in [0.4, 0.5) is 13.2 Å². The van der Waals surface area contributed by atoms with Gasteiger partial charge in [-0.3, -0.25) is 4.79 Å². The Morgan fingerprint density at radius 1 is 1.44 bits per heavy atom. The first-order valence-electron chi connectivity index (χ1n) is 4.11. The number of hydrogen-bond acceptors (Lipinski definition) is 3. The lowest BCUT2D eigenvalue weighted by molar-refractivity contribution is -0.140. The van der Waals surface area contributed by atoms with Crippen LogP contribution in [-0.4, -0.2) is 20.5 Å². The number of fused-ring (bicyclic) bond motifs is 1. The highest BCUT2D eigenvalue weighted by Crippen LogP contribution is 2.28. The van der Waals surface area contributed by atoms with Crippen LogP contribution in [0.2, 0.25) is 0 Å². The number of aromatic nitrogens is 3. The van der Waals surface area contributed by atoms with Gasteiger partial charge in [-0.2, -0.15) is 18.3 Å². The highest BCUT2D eigenvalue weighted by Gasteiger charge is 2.34. The molecule has 5 nitrogen and oxygen atoms in total. The minimum absolute atomic E-state index is 0.106. The molecule has 0 saturated heterocycles. The fraction of sp³-hybridized carbons (Fsp3) is 0.125. The molecule has 0 aromatic carbocycles. The van der Waals surface area contributed by atoms with Crippen LogP contribution in [-0.2, 0) is 6.18 Å². The molecule has 16 heavy (non-hydrogen) atoms. The molecule has 0 radical (unpaired) electrons. The summed E-state index contributed by atoms with van der Waals surface area (Å²) < 4.78 is 37.9. The number of hydrogen-bond donors (Lipinski definition) is 1. The van der Waals surface area contributed by atoms with Crippen LogP contribution in [0.25, 0.3) is 5.65 Å². The van der Waals surface area contributed by atoms with E-state index in [2.05, 4.69) is 10.1 Å². The lowest BCUT2D eigenvalue weighted by Gasteiger charge is -1.98. The fourth-order valence-electron chi connectivity index (χ4n) is 1.23. The Bertz CT molecular complexity index is 560. The van der Waals surface area contributed by atoms with Crippen molar-refractivity contribution in [2.24, 2.45) is 5.73 Å². The molecule has 0 unspecified atom stereocenters. The maximum Gasteiger partial charge on any atom is 0.434 e. The van der Waals surface area contributed by atoms with Gasteiger partial charge in [0, 0.05) is 6.20 Å². The van der Waals surface area contributed by atoms with Gasteiger partial charge < -0.3 is 5.73 Å². The molecule has 2 N–H and O–H groups in total. The van der Waals surface area contributed by atoms with Crippen LogP contribution in [0.1, 0.15) is 16.1 Å². The van der Waals surface area contributed by atoms with Crippen molar-refractivity contribution in [1.29, 1.82) is 0 Å². The van der Waals surface area contributed by atoms with E-state index >= 15 is 0 Å². The van der Waals surface area contributed by atoms with Gasteiger partial charge in [-0.15, -0.1) is 0 Å². The molecular weight excluding hydrogens is 225 g/mol. The number of nitrogens with two attached hydrogens (primary N) is 1. The second kappa shape index (κ2) is 3.19. The highest BCUT2D eigenvalue weighted by molar-refractivity contribution is 5.98. The standard InChI is InChI=1S/C8H5F3N4O/c9-8(10,11)5-3-15-7(14-5)4(6(12)16)1-2-13-15/h1-3H,(H2,12,16). The molecule has 0 bridgehead atoms. The number of nitrogens with zero attached hydrogens (tertiary/aromatic N) is 3. The average molecular weight is 230 g/mol. The second-order valence-corrected chi connectivity index (χ2v) is 3.00. The number of amides is 1. The normalized spacial score (nSPS) is 11.9. The van der Waals surface area contributed by atoms with Crippen LogP contribution in [0.15, 0.2) is 18.5 Å². The second-order valence-electron chi connectivity index (χ2n) is 3.00. The summed E-state index contributed by atoms with van der Waals surface area (Å²) >= 11 is 0. The smallest absolute Gasteiger partial charge is 0.365 e. The van der Waals surface area contributed by atoms with Crippen molar-refractivity contribution in [1.82, 2.24) is 14.6 Å². The largest absolute Gasteiger partial charge is 0.434 e. The lowest BCUT2D eigenvalue weighted by atomic mass is 10.3. The summed E-state index contributed by atoms with van der Waals surface area (Å²) in [5.41, 5.74) is 3.57. The Kier molecular flexibility index (Phi) is 2.07. The van der Waals surface area contributed by atoms with Gasteiger partial charge in [-0.25, -0.2) is 9.50 Å². The van der Waals surface area contributed by atoms with E-state index in [0.29, 0.717) is 6.20 Å². The van der Waals surface area contributed by atoms with E-state index in [1.165, 1.54) is 12.3 Å². The summed E-state index contributed by atoms with van der Waals surface area (Å²) in [6, 6.07) is 1.21. The SMILES string of the molecule is NC(=O)c1ccnn2cc(C(F)(F)F)nc12. The summed E-state index contributed by atoms with van der Waals surface area (Å²) in [6.45, 7) is 0. The Hall–Kier alpha value is -2.12. The molecule has 0 atom stereocenters. The van der Waals surface area contributed by atoms with Crippen LogP contribution in [0.5, 0.6) is 0 Å². The number of imidazole rings is 1. The van der Waals surface area contributed by atoms with E-state index < -0.39 is 17.8 Å². The van der Waals surface area contributed by atoms with E-state index in [4.69, 9.17) is 5.73 Å². The quantitative estimate of drug-likeness (QED) is 0.789. The maximum absolute atomic E-state index is 12.3. The Morgan fingerprint density at radius 2 is 2.12 bits per heavy atom. The van der Waals surface area contributed by atoms with Gasteiger partial charge in [-0.05, 0) is 6.07 Å². The van der Waals surface area contributed by atoms with Crippen molar-refractivity contribution >= 4 is 11.6 Å². The fourth-order valence-corrected chi connectivity index (χ4v) is 1.23. The lowest BCUT2D eigenvalue weighted by Crippen LogP contribution is -2.13. The zero-order valence-corrected chi connectivity index (χ0v) is 7.69. The molecular formula is C8H5F3N4O. The number of alkyl halides is 3. The maximum atomic E-state index is 12.3. The third-order valence-corrected chi connectivity index (χ3v) is 1.92. The van der Waals surface area contributed by atoms with E-state index in [1.807, 2.05) is 0 Å². The molecule has 0 saturated carbocycles. The van der Waals surface area contributed by atoms with Gasteiger partial charge in [0.05, 0.1) is 11.8 Å². The van der Waals surface area contributed by atoms with E-state index in [1.54, 1.807) is 0 Å². The average Bonchev–Trinajstić information content (AvgIpc) is 2.59. The minimum atomic E-state index is -4.58. The van der Waals surface area contributed by atoms with Crippen molar-refractivity contribution in [3.8, 4) is 0 Å². The van der Waals surface area contributed by atoms with Gasteiger partial charge in [0.2, 0.25) is 0 Å². The van der Waals surface area contributed by atoms with Crippen molar-refractivity contribution in [2.45, 2.75) is 6.18 Å². The Labute approximate surface area is 86.7 Å². The first-order valence-corrected chi connectivity index (χ1v) is 4.11. The molecule has 0 fully saturated rings. The molecule has 0 aliphatic carbocycles. The van der Waals surface area contributed by atoms with Crippen molar-refractivity contribution in [2.75, 3.05) is 0 Å². The first kappa shape index (κ1) is 10.4. The summed E-state index contributed by atoms with van der Waals surface area (Å²) in [5, 5.41) is 3.60. The summed E-state index contributed by atoms with van der Waals surface area (Å²) in [5.74, 6) is -0.855. The zero-order chi connectivity index (χ0) is 11.9. The third kappa shape index (κ3) is 1.58. The van der Waals surface area contributed by atoms with Gasteiger partial charge in [0.25, 0.3) is 5.91 Å². The zero-order valence-electron chi connectivity index (χ0n) is 7.69. The topological polar surface area (TPSA) is 73.3 Å². The van der Waals surface area contributed by atoms with Gasteiger partial charge >= 0.3 is 6.18 Å². The molecule has 2 aromatic heterocycles. The molecule has 0 spiro atoms.